The molecule has 1 N–H and O–H groups in total. The van der Waals surface area contributed by atoms with Crippen LogP contribution >= 0.6 is 11.6 Å². The van der Waals surface area contributed by atoms with Gasteiger partial charge in [-0.3, -0.25) is 9.59 Å². The van der Waals surface area contributed by atoms with Gasteiger partial charge in [0.25, 0.3) is 0 Å². The number of piperidine rings is 1. The summed E-state index contributed by atoms with van der Waals surface area (Å²) in [5.74, 6) is 0.0567. The number of nitrogens with zero attached hydrogens (tertiary/aromatic N) is 1. The van der Waals surface area contributed by atoms with Gasteiger partial charge in [-0.05, 0) is 49.9 Å². The van der Waals surface area contributed by atoms with Gasteiger partial charge in [0.2, 0.25) is 11.8 Å². The molecule has 142 valence electrons. The van der Waals surface area contributed by atoms with Gasteiger partial charge < -0.3 is 10.2 Å². The van der Waals surface area contributed by atoms with E-state index in [1.165, 1.54) is 5.56 Å². The van der Waals surface area contributed by atoms with E-state index >= 15 is 0 Å². The lowest BCUT2D eigenvalue weighted by Gasteiger charge is -2.31. The second-order valence-electron chi connectivity index (χ2n) is 7.27. The molecule has 2 aromatic carbocycles. The van der Waals surface area contributed by atoms with Crippen LogP contribution in [0, 0.1) is 19.8 Å². The largest absolute Gasteiger partial charge is 0.342 e. The molecule has 0 saturated carbocycles. The van der Waals surface area contributed by atoms with E-state index < -0.39 is 0 Å². The lowest BCUT2D eigenvalue weighted by atomic mass is 9.95. The summed E-state index contributed by atoms with van der Waals surface area (Å²) >= 11 is 6.02. The normalized spacial score (nSPS) is 14.9. The Morgan fingerprint density at radius 3 is 2.41 bits per heavy atom. The molecule has 2 aromatic rings. The topological polar surface area (TPSA) is 49.4 Å². The fraction of sp³-hybridized carbons (Fsp3) is 0.364. The monoisotopic (exact) mass is 384 g/mol. The van der Waals surface area contributed by atoms with Crippen LogP contribution in [0.5, 0.6) is 0 Å². The molecule has 1 aliphatic heterocycles. The van der Waals surface area contributed by atoms with Crippen LogP contribution in [0.25, 0.3) is 0 Å². The zero-order valence-electron chi connectivity index (χ0n) is 15.8. The standard InChI is InChI=1S/C22H25ClN2O2/c1-15-3-6-17(7-4-15)13-21(26)25-11-9-18(10-12-25)22(27)24-20-14-19(23)8-5-16(20)2/h3-8,14,18H,9-13H2,1-2H3,(H,24,27). The highest BCUT2D eigenvalue weighted by atomic mass is 35.5. The van der Waals surface area contributed by atoms with Gasteiger partial charge in [0, 0.05) is 29.7 Å². The number of halogens is 1. The van der Waals surface area contributed by atoms with Gasteiger partial charge in [0.1, 0.15) is 0 Å². The van der Waals surface area contributed by atoms with E-state index in [4.69, 9.17) is 11.6 Å². The molecule has 27 heavy (non-hydrogen) atoms. The third kappa shape index (κ3) is 5.10. The molecular weight excluding hydrogens is 360 g/mol. The zero-order valence-corrected chi connectivity index (χ0v) is 16.6. The maximum atomic E-state index is 12.6. The zero-order chi connectivity index (χ0) is 19.4. The van der Waals surface area contributed by atoms with Crippen LogP contribution in [-0.4, -0.2) is 29.8 Å². The van der Waals surface area contributed by atoms with Crippen molar-refractivity contribution in [3.05, 3.63) is 64.2 Å². The van der Waals surface area contributed by atoms with Crippen molar-refractivity contribution in [2.75, 3.05) is 18.4 Å². The minimum absolute atomic E-state index is 0.00556. The van der Waals surface area contributed by atoms with Gasteiger partial charge in [0.05, 0.1) is 6.42 Å². The number of hydrogen-bond acceptors (Lipinski definition) is 2. The number of carbonyl (C=O) groups is 2. The Bertz CT molecular complexity index is 825. The van der Waals surface area contributed by atoms with Crippen molar-refractivity contribution in [2.24, 2.45) is 5.92 Å². The molecule has 3 rings (SSSR count). The highest BCUT2D eigenvalue weighted by Gasteiger charge is 2.27. The number of carbonyl (C=O) groups excluding carboxylic acids is 2. The molecule has 1 aliphatic rings. The van der Waals surface area contributed by atoms with Crippen LogP contribution in [0.15, 0.2) is 42.5 Å². The van der Waals surface area contributed by atoms with E-state index in [1.807, 2.05) is 55.1 Å². The summed E-state index contributed by atoms with van der Waals surface area (Å²) < 4.78 is 0. The van der Waals surface area contributed by atoms with E-state index in [-0.39, 0.29) is 17.7 Å². The summed E-state index contributed by atoms with van der Waals surface area (Å²) in [6.45, 7) is 5.22. The van der Waals surface area contributed by atoms with E-state index in [9.17, 15) is 9.59 Å². The second kappa shape index (κ2) is 8.57. The summed E-state index contributed by atoms with van der Waals surface area (Å²) in [5.41, 5.74) is 3.96. The molecular formula is C22H25ClN2O2. The third-order valence-electron chi connectivity index (χ3n) is 5.15. The maximum Gasteiger partial charge on any atom is 0.227 e. The van der Waals surface area contributed by atoms with Crippen molar-refractivity contribution in [1.29, 1.82) is 0 Å². The fourth-order valence-corrected chi connectivity index (χ4v) is 3.52. The summed E-state index contributed by atoms with van der Waals surface area (Å²) in [6.07, 6.45) is 1.79. The van der Waals surface area contributed by atoms with Crippen molar-refractivity contribution in [3.63, 3.8) is 0 Å². The van der Waals surface area contributed by atoms with Gasteiger partial charge in [-0.15, -0.1) is 0 Å². The van der Waals surface area contributed by atoms with Gasteiger partial charge >= 0.3 is 0 Å². The Balaban J connectivity index is 1.52. The Morgan fingerprint density at radius 1 is 1.07 bits per heavy atom. The number of nitrogens with one attached hydrogen (secondary N) is 1. The molecule has 0 spiro atoms. The molecule has 2 amide bonds. The van der Waals surface area contributed by atoms with Crippen LogP contribution in [0.3, 0.4) is 0 Å². The predicted octanol–water partition coefficient (Wildman–Crippen LogP) is 4.38. The van der Waals surface area contributed by atoms with Crippen molar-refractivity contribution in [2.45, 2.75) is 33.1 Å². The second-order valence-corrected chi connectivity index (χ2v) is 7.70. The first kappa shape index (κ1) is 19.4. The van der Waals surface area contributed by atoms with Crippen LogP contribution < -0.4 is 5.32 Å². The molecule has 0 aliphatic carbocycles. The smallest absolute Gasteiger partial charge is 0.227 e. The van der Waals surface area contributed by atoms with Gasteiger partial charge in [-0.25, -0.2) is 0 Å². The molecule has 1 heterocycles. The van der Waals surface area contributed by atoms with Gasteiger partial charge in [-0.1, -0.05) is 47.5 Å². The minimum atomic E-state index is -0.0770. The molecule has 4 nitrogen and oxygen atoms in total. The molecule has 0 unspecified atom stereocenters. The molecule has 1 fully saturated rings. The van der Waals surface area contributed by atoms with Crippen LogP contribution in [0.4, 0.5) is 5.69 Å². The highest BCUT2D eigenvalue weighted by Crippen LogP contribution is 2.24. The number of aryl methyl sites for hydroxylation is 2. The number of anilines is 1. The average Bonchev–Trinajstić information content (AvgIpc) is 2.66. The fourth-order valence-electron chi connectivity index (χ4n) is 3.35. The van der Waals surface area contributed by atoms with Crippen molar-refractivity contribution in [3.8, 4) is 0 Å². The Morgan fingerprint density at radius 2 is 1.74 bits per heavy atom. The van der Waals surface area contributed by atoms with E-state index in [0.29, 0.717) is 37.4 Å². The number of rotatable bonds is 4. The molecule has 0 radical (unpaired) electrons. The number of hydrogen-bond donors (Lipinski definition) is 1. The molecule has 0 aromatic heterocycles. The first-order valence-electron chi connectivity index (χ1n) is 9.32. The summed E-state index contributed by atoms with van der Waals surface area (Å²) in [6, 6.07) is 13.5. The van der Waals surface area contributed by atoms with Crippen molar-refractivity contribution < 1.29 is 9.59 Å². The van der Waals surface area contributed by atoms with E-state index in [2.05, 4.69) is 5.32 Å². The molecule has 1 saturated heterocycles. The summed E-state index contributed by atoms with van der Waals surface area (Å²) in [4.78, 5) is 27.0. The summed E-state index contributed by atoms with van der Waals surface area (Å²) in [7, 11) is 0. The van der Waals surface area contributed by atoms with Gasteiger partial charge in [0.15, 0.2) is 0 Å². The molecule has 0 bridgehead atoms. The quantitative estimate of drug-likeness (QED) is 0.850. The Kier molecular flexibility index (Phi) is 6.17. The lowest BCUT2D eigenvalue weighted by molar-refractivity contribution is -0.133. The maximum absolute atomic E-state index is 12.6. The van der Waals surface area contributed by atoms with Gasteiger partial charge in [-0.2, -0.15) is 0 Å². The summed E-state index contributed by atoms with van der Waals surface area (Å²) in [5, 5.41) is 3.59. The molecule has 0 atom stereocenters. The third-order valence-corrected chi connectivity index (χ3v) is 5.39. The predicted molar refractivity (Wildman–Crippen MR) is 109 cm³/mol. The average molecular weight is 385 g/mol. The van der Waals surface area contributed by atoms with Crippen molar-refractivity contribution in [1.82, 2.24) is 4.90 Å². The van der Waals surface area contributed by atoms with E-state index in [0.717, 1.165) is 16.8 Å². The number of likely N-dealkylation sites (tertiary alicyclic amines) is 1. The Hall–Kier alpha value is -2.33. The van der Waals surface area contributed by atoms with Crippen LogP contribution in [0.1, 0.15) is 29.5 Å². The molecule has 5 heteroatoms. The first-order chi connectivity index (χ1) is 12.9. The minimum Gasteiger partial charge on any atom is -0.342 e. The first-order valence-corrected chi connectivity index (χ1v) is 9.70. The number of benzene rings is 2. The van der Waals surface area contributed by atoms with E-state index in [1.54, 1.807) is 6.07 Å². The van der Waals surface area contributed by atoms with Crippen LogP contribution in [-0.2, 0) is 16.0 Å². The Labute approximate surface area is 165 Å². The number of amides is 2. The highest BCUT2D eigenvalue weighted by molar-refractivity contribution is 6.31. The van der Waals surface area contributed by atoms with Crippen LogP contribution in [0.2, 0.25) is 5.02 Å². The lowest BCUT2D eigenvalue weighted by Crippen LogP contribution is -2.42. The SMILES string of the molecule is Cc1ccc(CC(=O)N2CCC(C(=O)Nc3cc(Cl)ccc3C)CC2)cc1. The van der Waals surface area contributed by atoms with Crippen molar-refractivity contribution >= 4 is 29.1 Å².